The first-order chi connectivity index (χ1) is 5.93. The van der Waals surface area contributed by atoms with Crippen LogP contribution in [0.25, 0.3) is 0 Å². The van der Waals surface area contributed by atoms with Crippen LogP contribution in [0.2, 0.25) is 0 Å². The molecule has 1 unspecified atom stereocenters. The van der Waals surface area contributed by atoms with Crippen molar-refractivity contribution in [2.45, 2.75) is 19.4 Å². The molecule has 13 heavy (non-hydrogen) atoms. The molecule has 1 amide bonds. The van der Waals surface area contributed by atoms with Crippen LogP contribution >= 0.6 is 0 Å². The molecule has 0 saturated carbocycles. The Morgan fingerprint density at radius 3 is 2.62 bits per heavy atom. The Kier molecular flexibility index (Phi) is 4.45. The van der Waals surface area contributed by atoms with E-state index in [1.807, 2.05) is 0 Å². The van der Waals surface area contributed by atoms with Gasteiger partial charge in [0, 0.05) is 6.42 Å². The minimum Gasteiger partial charge on any atom is -0.319 e. The molecule has 0 aromatic rings. The van der Waals surface area contributed by atoms with Gasteiger partial charge in [0.2, 0.25) is 10.0 Å². The number of carbonyl (C=O) groups excluding carboxylic acids is 1. The lowest BCUT2D eigenvalue weighted by Gasteiger charge is -2.08. The normalized spacial score (nSPS) is 13.0. The second kappa shape index (κ2) is 4.84. The van der Waals surface area contributed by atoms with Crippen LogP contribution in [0.15, 0.2) is 0 Å². The van der Waals surface area contributed by atoms with Crippen LogP contribution in [0, 0.1) is 12.3 Å². The van der Waals surface area contributed by atoms with E-state index >= 15 is 0 Å². The molecule has 6 heteroatoms. The average Bonchev–Trinajstić information content (AvgIpc) is 2.04. The van der Waals surface area contributed by atoms with Gasteiger partial charge in [0.25, 0.3) is 5.91 Å². The van der Waals surface area contributed by atoms with Gasteiger partial charge in [0.05, 0.1) is 11.8 Å². The lowest BCUT2D eigenvalue weighted by molar-refractivity contribution is -0.120. The molecular formula is C7H12N2O3S. The van der Waals surface area contributed by atoms with E-state index in [0.717, 1.165) is 0 Å². The molecule has 5 nitrogen and oxygen atoms in total. The number of terminal acetylenes is 1. The Morgan fingerprint density at radius 1 is 1.69 bits per heavy atom. The van der Waals surface area contributed by atoms with E-state index in [0.29, 0.717) is 0 Å². The molecular weight excluding hydrogens is 192 g/mol. The van der Waals surface area contributed by atoms with Crippen molar-refractivity contribution < 1.29 is 13.2 Å². The van der Waals surface area contributed by atoms with Crippen molar-refractivity contribution in [1.82, 2.24) is 4.72 Å². The van der Waals surface area contributed by atoms with E-state index in [1.54, 1.807) is 4.72 Å². The molecule has 1 atom stereocenters. The van der Waals surface area contributed by atoms with Gasteiger partial charge in [-0.25, -0.2) is 8.42 Å². The summed E-state index contributed by atoms with van der Waals surface area (Å²) in [4.78, 5) is 11.0. The highest BCUT2D eigenvalue weighted by molar-refractivity contribution is 7.90. The number of carbonyl (C=O) groups is 1. The number of hydrogen-bond acceptors (Lipinski definition) is 4. The van der Waals surface area contributed by atoms with E-state index < -0.39 is 22.0 Å². The lowest BCUT2D eigenvalue weighted by atomic mass is 10.2. The fourth-order valence-corrected chi connectivity index (χ4v) is 1.12. The van der Waals surface area contributed by atoms with Gasteiger partial charge in [-0.3, -0.25) is 9.52 Å². The topological polar surface area (TPSA) is 89.3 Å². The van der Waals surface area contributed by atoms with Gasteiger partial charge < -0.3 is 5.73 Å². The zero-order valence-electron chi connectivity index (χ0n) is 7.28. The van der Waals surface area contributed by atoms with Crippen molar-refractivity contribution >= 4 is 15.9 Å². The second-order valence-corrected chi connectivity index (χ2v) is 4.40. The number of nitrogens with one attached hydrogen (secondary N) is 1. The number of amides is 1. The van der Waals surface area contributed by atoms with Crippen LogP contribution < -0.4 is 10.5 Å². The maximum Gasteiger partial charge on any atom is 0.251 e. The Bertz CT molecular complexity index is 315. The van der Waals surface area contributed by atoms with Crippen LogP contribution in [0.4, 0.5) is 0 Å². The van der Waals surface area contributed by atoms with Gasteiger partial charge in [0.15, 0.2) is 0 Å². The minimum atomic E-state index is -3.53. The molecule has 3 N–H and O–H groups in total. The Labute approximate surface area is 77.7 Å². The predicted octanol–water partition coefficient (Wildman–Crippen LogP) is -1.20. The summed E-state index contributed by atoms with van der Waals surface area (Å²) in [5.41, 5.74) is 5.27. The second-order valence-electron chi connectivity index (χ2n) is 2.38. The Hall–Kier alpha value is -1.06. The molecule has 0 heterocycles. The molecule has 0 aromatic heterocycles. The largest absolute Gasteiger partial charge is 0.319 e. The third-order valence-corrected chi connectivity index (χ3v) is 2.58. The first kappa shape index (κ1) is 11.9. The van der Waals surface area contributed by atoms with Crippen molar-refractivity contribution in [2.24, 2.45) is 5.73 Å². The summed E-state index contributed by atoms with van der Waals surface area (Å²) in [5.74, 6) is 1.24. The lowest BCUT2D eigenvalue weighted by Crippen LogP contribution is -2.43. The summed E-state index contributed by atoms with van der Waals surface area (Å²) in [5, 5.41) is 0. The molecule has 0 bridgehead atoms. The molecule has 0 radical (unpaired) electrons. The molecule has 0 aliphatic heterocycles. The van der Waals surface area contributed by atoms with E-state index in [2.05, 4.69) is 5.92 Å². The molecule has 0 aliphatic rings. The Balaban J connectivity index is 4.26. The highest BCUT2D eigenvalue weighted by Crippen LogP contribution is 1.89. The fraction of sp³-hybridized carbons (Fsp3) is 0.571. The number of nitrogens with two attached hydrogens (primary N) is 1. The molecule has 0 aliphatic carbocycles. The van der Waals surface area contributed by atoms with Crippen LogP contribution in [0.3, 0.4) is 0 Å². The quantitative estimate of drug-likeness (QED) is 0.563. The summed E-state index contributed by atoms with van der Waals surface area (Å²) in [6.45, 7) is 1.42. The van der Waals surface area contributed by atoms with Crippen molar-refractivity contribution in [2.75, 3.05) is 5.75 Å². The third-order valence-electron chi connectivity index (χ3n) is 1.31. The molecule has 0 fully saturated rings. The van der Waals surface area contributed by atoms with E-state index in [9.17, 15) is 13.2 Å². The van der Waals surface area contributed by atoms with Gasteiger partial charge in [0.1, 0.15) is 0 Å². The molecule has 0 aromatic carbocycles. The average molecular weight is 204 g/mol. The van der Waals surface area contributed by atoms with Gasteiger partial charge in [-0.1, -0.05) is 0 Å². The maximum atomic E-state index is 11.0. The summed E-state index contributed by atoms with van der Waals surface area (Å²) in [7, 11) is -3.53. The van der Waals surface area contributed by atoms with Gasteiger partial charge in [-0.05, 0) is 6.92 Å². The highest BCUT2D eigenvalue weighted by atomic mass is 32.2. The summed E-state index contributed by atoms with van der Waals surface area (Å²) in [6, 6.07) is -0.966. The molecule has 0 spiro atoms. The fourth-order valence-electron chi connectivity index (χ4n) is 0.521. The van der Waals surface area contributed by atoms with Gasteiger partial charge in [-0.15, -0.1) is 12.3 Å². The number of sulfonamides is 1. The summed E-state index contributed by atoms with van der Waals surface area (Å²) in [6.07, 6.45) is 4.92. The summed E-state index contributed by atoms with van der Waals surface area (Å²) >= 11 is 0. The van der Waals surface area contributed by atoms with Gasteiger partial charge >= 0.3 is 0 Å². The number of rotatable bonds is 4. The molecule has 74 valence electrons. The van der Waals surface area contributed by atoms with Crippen LogP contribution in [0.1, 0.15) is 13.3 Å². The minimum absolute atomic E-state index is 0.0189. The van der Waals surface area contributed by atoms with Crippen LogP contribution in [-0.4, -0.2) is 26.1 Å². The van der Waals surface area contributed by atoms with Crippen LogP contribution in [0.5, 0.6) is 0 Å². The predicted molar refractivity (Wildman–Crippen MR) is 49.0 cm³/mol. The SMILES string of the molecule is C#CCC(N)C(=O)NS(=O)(=O)CC. The van der Waals surface area contributed by atoms with Crippen LogP contribution in [-0.2, 0) is 14.8 Å². The maximum absolute atomic E-state index is 11.0. The third kappa shape index (κ3) is 4.50. The summed E-state index contributed by atoms with van der Waals surface area (Å²) < 4.78 is 23.6. The van der Waals surface area contributed by atoms with Crippen molar-refractivity contribution in [3.05, 3.63) is 0 Å². The van der Waals surface area contributed by atoms with E-state index in [-0.39, 0.29) is 12.2 Å². The van der Waals surface area contributed by atoms with Crippen molar-refractivity contribution in [3.63, 3.8) is 0 Å². The molecule has 0 saturated heterocycles. The standard InChI is InChI=1S/C7H12N2O3S/c1-3-5-6(8)7(10)9-13(11,12)4-2/h1,6H,4-5,8H2,2H3,(H,9,10). The van der Waals surface area contributed by atoms with Crippen molar-refractivity contribution in [3.8, 4) is 12.3 Å². The number of hydrogen-bond donors (Lipinski definition) is 2. The highest BCUT2D eigenvalue weighted by Gasteiger charge is 2.17. The first-order valence-corrected chi connectivity index (χ1v) is 5.31. The smallest absolute Gasteiger partial charge is 0.251 e. The zero-order chi connectivity index (χ0) is 10.5. The molecule has 0 rings (SSSR count). The zero-order valence-corrected chi connectivity index (χ0v) is 8.10. The van der Waals surface area contributed by atoms with E-state index in [1.165, 1.54) is 6.92 Å². The Morgan fingerprint density at radius 2 is 2.23 bits per heavy atom. The first-order valence-electron chi connectivity index (χ1n) is 3.66. The van der Waals surface area contributed by atoms with Gasteiger partial charge in [-0.2, -0.15) is 0 Å². The monoisotopic (exact) mass is 204 g/mol. The van der Waals surface area contributed by atoms with E-state index in [4.69, 9.17) is 12.2 Å². The van der Waals surface area contributed by atoms with Crippen molar-refractivity contribution in [1.29, 1.82) is 0 Å².